The third-order valence-electron chi connectivity index (χ3n) is 4.56. The maximum absolute atomic E-state index is 12.1. The van der Waals surface area contributed by atoms with Crippen LogP contribution in [0.15, 0.2) is 70.8 Å². The molecule has 1 fully saturated rings. The molecule has 0 aliphatic carbocycles. The molecule has 1 aliphatic rings. The molecule has 6 heteroatoms. The highest BCUT2D eigenvalue weighted by Crippen LogP contribution is 2.27. The van der Waals surface area contributed by atoms with Gasteiger partial charge in [0.25, 0.3) is 5.91 Å². The van der Waals surface area contributed by atoms with Gasteiger partial charge in [-0.1, -0.05) is 52.3 Å². The van der Waals surface area contributed by atoms with Crippen LogP contribution in [0.5, 0.6) is 5.75 Å². The van der Waals surface area contributed by atoms with Crippen LogP contribution >= 0.6 is 15.9 Å². The number of nitrogens with one attached hydrogen (secondary N) is 1. The van der Waals surface area contributed by atoms with Crippen molar-refractivity contribution < 1.29 is 14.3 Å². The number of ether oxygens (including phenoxy) is 1. The first-order valence-corrected chi connectivity index (χ1v) is 9.51. The molecule has 0 unspecified atom stereocenters. The maximum Gasteiger partial charge on any atom is 0.328 e. The fourth-order valence-corrected chi connectivity index (χ4v) is 3.41. The van der Waals surface area contributed by atoms with Crippen LogP contribution < -0.4 is 10.1 Å². The maximum atomic E-state index is 12.1. The highest BCUT2D eigenvalue weighted by Gasteiger charge is 2.30. The minimum absolute atomic E-state index is 0.223. The lowest BCUT2D eigenvalue weighted by molar-refractivity contribution is -0.121. The monoisotopic (exact) mass is 436 g/mol. The third kappa shape index (κ3) is 3.64. The largest absolute Gasteiger partial charge is 0.488 e. The second kappa shape index (κ2) is 7.48. The molecule has 0 atom stereocenters. The molecule has 3 aromatic rings. The van der Waals surface area contributed by atoms with Gasteiger partial charge in [0.2, 0.25) is 0 Å². The zero-order valence-electron chi connectivity index (χ0n) is 15.1. The van der Waals surface area contributed by atoms with Crippen molar-refractivity contribution >= 4 is 44.7 Å². The van der Waals surface area contributed by atoms with E-state index in [0.717, 1.165) is 20.3 Å². The topological polar surface area (TPSA) is 58.6 Å². The van der Waals surface area contributed by atoms with Crippen molar-refractivity contribution in [3.05, 3.63) is 82.0 Å². The Bertz CT molecular complexity index is 1120. The molecule has 0 radical (unpaired) electrons. The molecule has 0 saturated carbocycles. The summed E-state index contributed by atoms with van der Waals surface area (Å²) in [5.41, 5.74) is 1.97. The lowest BCUT2D eigenvalue weighted by atomic mass is 10.1. The Morgan fingerprint density at radius 1 is 1.04 bits per heavy atom. The standard InChI is InChI=1S/C22H17BrN2O3/c1-25-21(26)19(24-22(25)27)12-17-11-18(23)8-9-20(17)28-13-14-6-7-15-4-2-3-5-16(15)10-14/h2-12H,13H2,1H3,(H,24,27)/b19-12+. The Morgan fingerprint density at radius 3 is 2.57 bits per heavy atom. The van der Waals surface area contributed by atoms with Crippen molar-refractivity contribution in [2.75, 3.05) is 7.05 Å². The minimum atomic E-state index is -0.440. The Morgan fingerprint density at radius 2 is 1.82 bits per heavy atom. The number of amides is 3. The van der Waals surface area contributed by atoms with E-state index in [1.54, 1.807) is 6.08 Å². The Balaban J connectivity index is 1.59. The molecule has 28 heavy (non-hydrogen) atoms. The van der Waals surface area contributed by atoms with Crippen LogP contribution in [-0.4, -0.2) is 23.9 Å². The summed E-state index contributed by atoms with van der Waals surface area (Å²) in [5, 5.41) is 4.91. The third-order valence-corrected chi connectivity index (χ3v) is 5.05. The fourth-order valence-electron chi connectivity index (χ4n) is 3.03. The van der Waals surface area contributed by atoms with Gasteiger partial charge in [-0.3, -0.25) is 9.69 Å². The molecular formula is C22H17BrN2O3. The quantitative estimate of drug-likeness (QED) is 0.476. The van der Waals surface area contributed by atoms with E-state index in [2.05, 4.69) is 45.5 Å². The van der Waals surface area contributed by atoms with E-state index < -0.39 is 6.03 Å². The number of carbonyl (C=O) groups is 2. The van der Waals surface area contributed by atoms with E-state index >= 15 is 0 Å². The number of fused-ring (bicyclic) bond motifs is 1. The van der Waals surface area contributed by atoms with Gasteiger partial charge >= 0.3 is 6.03 Å². The van der Waals surface area contributed by atoms with Crippen molar-refractivity contribution in [3.63, 3.8) is 0 Å². The van der Waals surface area contributed by atoms with Gasteiger partial charge in [0.1, 0.15) is 18.1 Å². The second-order valence-corrected chi connectivity index (χ2v) is 7.42. The zero-order valence-corrected chi connectivity index (χ0v) is 16.7. The molecule has 3 aromatic carbocycles. The van der Waals surface area contributed by atoms with Crippen LogP contribution in [0.25, 0.3) is 16.8 Å². The average Bonchev–Trinajstić information content (AvgIpc) is 2.94. The number of nitrogens with zero attached hydrogens (tertiary/aromatic N) is 1. The summed E-state index contributed by atoms with van der Waals surface area (Å²) in [4.78, 5) is 24.9. The molecule has 1 heterocycles. The van der Waals surface area contributed by atoms with Gasteiger partial charge in [-0.2, -0.15) is 0 Å². The van der Waals surface area contributed by atoms with Crippen LogP contribution in [0.1, 0.15) is 11.1 Å². The molecule has 0 bridgehead atoms. The molecule has 5 nitrogen and oxygen atoms in total. The first kappa shape index (κ1) is 18.3. The van der Waals surface area contributed by atoms with Gasteiger partial charge in [-0.05, 0) is 46.7 Å². The number of imide groups is 1. The molecule has 1 saturated heterocycles. The number of hydrogen-bond acceptors (Lipinski definition) is 3. The molecule has 0 aromatic heterocycles. The Kier molecular flexibility index (Phi) is 4.88. The van der Waals surface area contributed by atoms with E-state index in [4.69, 9.17) is 4.74 Å². The molecule has 4 rings (SSSR count). The number of benzene rings is 3. The molecule has 1 N–H and O–H groups in total. The van der Waals surface area contributed by atoms with Gasteiger partial charge in [-0.15, -0.1) is 0 Å². The summed E-state index contributed by atoms with van der Waals surface area (Å²) >= 11 is 3.44. The Hall–Kier alpha value is -3.12. The number of carbonyl (C=O) groups excluding carboxylic acids is 2. The summed E-state index contributed by atoms with van der Waals surface area (Å²) in [7, 11) is 1.44. The smallest absolute Gasteiger partial charge is 0.328 e. The SMILES string of the molecule is CN1C(=O)N/C(=C/c2cc(Br)ccc2OCc2ccc3ccccc3c2)C1=O. The van der Waals surface area contributed by atoms with Crippen LogP contribution in [0, 0.1) is 0 Å². The first-order chi connectivity index (χ1) is 13.5. The highest BCUT2D eigenvalue weighted by molar-refractivity contribution is 9.10. The summed E-state index contributed by atoms with van der Waals surface area (Å²) in [6.07, 6.45) is 1.63. The number of urea groups is 1. The van der Waals surface area contributed by atoms with E-state index in [-0.39, 0.29) is 11.6 Å². The van der Waals surface area contributed by atoms with Crippen molar-refractivity contribution in [1.82, 2.24) is 10.2 Å². The van der Waals surface area contributed by atoms with Gasteiger partial charge in [0.05, 0.1) is 0 Å². The zero-order chi connectivity index (χ0) is 19.7. The number of likely N-dealkylation sites (N-methyl/N-ethyl adjacent to an activating group) is 1. The normalized spacial score (nSPS) is 15.4. The number of hydrogen-bond donors (Lipinski definition) is 1. The minimum Gasteiger partial charge on any atom is -0.488 e. The van der Waals surface area contributed by atoms with E-state index in [1.807, 2.05) is 36.4 Å². The summed E-state index contributed by atoms with van der Waals surface area (Å²) in [6, 6.07) is 19.5. The first-order valence-electron chi connectivity index (χ1n) is 8.72. The lowest BCUT2D eigenvalue weighted by Gasteiger charge is -2.11. The molecule has 1 aliphatic heterocycles. The van der Waals surface area contributed by atoms with Crippen LogP contribution in [-0.2, 0) is 11.4 Å². The predicted octanol–water partition coefficient (Wildman–Crippen LogP) is 4.70. The van der Waals surface area contributed by atoms with Gasteiger partial charge < -0.3 is 10.1 Å². The van der Waals surface area contributed by atoms with Gasteiger partial charge in [0, 0.05) is 17.1 Å². The molecule has 140 valence electrons. The van der Waals surface area contributed by atoms with Crippen molar-refractivity contribution in [3.8, 4) is 5.75 Å². The highest BCUT2D eigenvalue weighted by atomic mass is 79.9. The Labute approximate surface area is 170 Å². The van der Waals surface area contributed by atoms with E-state index in [1.165, 1.54) is 12.4 Å². The summed E-state index contributed by atoms with van der Waals surface area (Å²) in [5.74, 6) is 0.255. The van der Waals surface area contributed by atoms with E-state index in [0.29, 0.717) is 17.9 Å². The summed E-state index contributed by atoms with van der Waals surface area (Å²) in [6.45, 7) is 0.392. The second-order valence-electron chi connectivity index (χ2n) is 6.50. The van der Waals surface area contributed by atoms with Gasteiger partial charge in [0.15, 0.2) is 0 Å². The van der Waals surface area contributed by atoms with Crippen molar-refractivity contribution in [2.24, 2.45) is 0 Å². The lowest BCUT2D eigenvalue weighted by Crippen LogP contribution is -2.25. The van der Waals surface area contributed by atoms with E-state index in [9.17, 15) is 9.59 Å². The van der Waals surface area contributed by atoms with Crippen LogP contribution in [0.2, 0.25) is 0 Å². The van der Waals surface area contributed by atoms with Crippen molar-refractivity contribution in [2.45, 2.75) is 6.61 Å². The van der Waals surface area contributed by atoms with Crippen molar-refractivity contribution in [1.29, 1.82) is 0 Å². The predicted molar refractivity (Wildman–Crippen MR) is 112 cm³/mol. The van der Waals surface area contributed by atoms with Crippen LogP contribution in [0.3, 0.4) is 0 Å². The number of halogens is 1. The molecular weight excluding hydrogens is 420 g/mol. The van der Waals surface area contributed by atoms with Gasteiger partial charge in [-0.25, -0.2) is 4.79 Å². The average molecular weight is 437 g/mol. The van der Waals surface area contributed by atoms with Crippen LogP contribution in [0.4, 0.5) is 4.79 Å². The number of rotatable bonds is 4. The molecule has 3 amide bonds. The summed E-state index contributed by atoms with van der Waals surface area (Å²) < 4.78 is 6.87. The fraction of sp³-hybridized carbons (Fsp3) is 0.0909. The molecule has 0 spiro atoms.